The van der Waals surface area contributed by atoms with Gasteiger partial charge in [0.05, 0.1) is 16.6 Å². The van der Waals surface area contributed by atoms with Gasteiger partial charge in [0.25, 0.3) is 5.91 Å². The van der Waals surface area contributed by atoms with Gasteiger partial charge in [-0.05, 0) is 69.5 Å². The maximum atomic E-state index is 12.8. The summed E-state index contributed by atoms with van der Waals surface area (Å²) in [6.45, 7) is 6.12. The molecule has 1 amide bonds. The molecule has 0 aliphatic carbocycles. The molecule has 32 heavy (non-hydrogen) atoms. The summed E-state index contributed by atoms with van der Waals surface area (Å²) in [4.78, 5) is 14.9. The van der Waals surface area contributed by atoms with Crippen molar-refractivity contribution < 1.29 is 17.9 Å². The highest BCUT2D eigenvalue weighted by Gasteiger charge is 2.27. The van der Waals surface area contributed by atoms with Crippen LogP contribution < -0.4 is 15.4 Å². The van der Waals surface area contributed by atoms with E-state index in [0.717, 1.165) is 0 Å². The van der Waals surface area contributed by atoms with Crippen LogP contribution in [0.4, 0.5) is 5.69 Å². The molecule has 8 nitrogen and oxygen atoms in total. The summed E-state index contributed by atoms with van der Waals surface area (Å²) >= 11 is 5.25. The number of carbonyl (C=O) groups is 1. The van der Waals surface area contributed by atoms with Crippen molar-refractivity contribution in [2.45, 2.75) is 24.8 Å². The predicted molar refractivity (Wildman–Crippen MR) is 129 cm³/mol. The van der Waals surface area contributed by atoms with Crippen molar-refractivity contribution in [2.24, 2.45) is 0 Å². The van der Waals surface area contributed by atoms with Crippen molar-refractivity contribution in [1.29, 1.82) is 0 Å². The lowest BCUT2D eigenvalue weighted by atomic mass is 10.2. The fourth-order valence-electron chi connectivity index (χ4n) is 3.23. The Balaban J connectivity index is 1.62. The zero-order chi connectivity index (χ0) is 23.3. The maximum Gasteiger partial charge on any atom is 0.261 e. The normalized spacial score (nSPS) is 15.4. The Kier molecular flexibility index (Phi) is 7.83. The third-order valence-corrected chi connectivity index (χ3v) is 7.05. The number of anilines is 1. The summed E-state index contributed by atoms with van der Waals surface area (Å²) in [5.41, 5.74) is 0.943. The van der Waals surface area contributed by atoms with Gasteiger partial charge in [0.1, 0.15) is 5.75 Å². The Hall–Kier alpha value is -2.53. The number of likely N-dealkylation sites (N-methyl/N-ethyl adjacent to an activating group) is 1. The number of benzene rings is 2. The molecule has 172 valence electrons. The van der Waals surface area contributed by atoms with Crippen molar-refractivity contribution in [3.63, 3.8) is 0 Å². The number of para-hydroxylation sites is 1. The fourth-order valence-corrected chi connectivity index (χ4v) is 4.86. The van der Waals surface area contributed by atoms with E-state index in [-0.39, 0.29) is 16.1 Å². The van der Waals surface area contributed by atoms with E-state index in [1.54, 1.807) is 36.4 Å². The van der Waals surface area contributed by atoms with E-state index in [9.17, 15) is 13.2 Å². The molecule has 0 spiro atoms. The summed E-state index contributed by atoms with van der Waals surface area (Å²) in [6, 6.07) is 13.2. The summed E-state index contributed by atoms with van der Waals surface area (Å²) in [6.07, 6.45) is -0.0744. The van der Waals surface area contributed by atoms with Crippen LogP contribution in [0.25, 0.3) is 0 Å². The summed E-state index contributed by atoms with van der Waals surface area (Å²) < 4.78 is 32.8. The van der Waals surface area contributed by atoms with E-state index in [2.05, 4.69) is 15.5 Å². The van der Waals surface area contributed by atoms with Gasteiger partial charge in [0.2, 0.25) is 10.0 Å². The molecule has 2 aromatic rings. The minimum atomic E-state index is -3.54. The summed E-state index contributed by atoms with van der Waals surface area (Å²) in [5, 5.41) is 5.64. The second kappa shape index (κ2) is 10.4. The number of amides is 1. The molecule has 0 atom stereocenters. The van der Waals surface area contributed by atoms with Crippen LogP contribution in [0.15, 0.2) is 53.4 Å². The van der Waals surface area contributed by atoms with Crippen molar-refractivity contribution in [3.05, 3.63) is 54.1 Å². The van der Waals surface area contributed by atoms with Crippen LogP contribution in [0.2, 0.25) is 0 Å². The lowest BCUT2D eigenvalue weighted by molar-refractivity contribution is 0.0972. The highest BCUT2D eigenvalue weighted by molar-refractivity contribution is 7.89. The number of rotatable bonds is 6. The summed E-state index contributed by atoms with van der Waals surface area (Å²) in [5.74, 6) is 0.0780. The van der Waals surface area contributed by atoms with E-state index >= 15 is 0 Å². The molecule has 1 saturated heterocycles. The number of hydrogen-bond donors (Lipinski definition) is 2. The number of ether oxygens (including phenoxy) is 1. The lowest BCUT2D eigenvalue weighted by Crippen LogP contribution is -2.46. The van der Waals surface area contributed by atoms with E-state index < -0.39 is 15.9 Å². The second-order valence-corrected chi connectivity index (χ2v) is 10.1. The van der Waals surface area contributed by atoms with Gasteiger partial charge in [-0.25, -0.2) is 8.42 Å². The van der Waals surface area contributed by atoms with Gasteiger partial charge in [-0.3, -0.25) is 10.1 Å². The molecule has 10 heteroatoms. The fraction of sp³-hybridized carbons (Fsp3) is 0.364. The Morgan fingerprint density at radius 1 is 1.03 bits per heavy atom. The average molecular weight is 477 g/mol. The van der Waals surface area contributed by atoms with Crippen LogP contribution in [0.5, 0.6) is 5.75 Å². The molecule has 1 fully saturated rings. The van der Waals surface area contributed by atoms with Crippen LogP contribution in [0, 0.1) is 0 Å². The minimum absolute atomic E-state index is 0.0744. The van der Waals surface area contributed by atoms with E-state index in [0.29, 0.717) is 43.2 Å². The first-order valence-corrected chi connectivity index (χ1v) is 12.2. The smallest absolute Gasteiger partial charge is 0.261 e. The van der Waals surface area contributed by atoms with Gasteiger partial charge >= 0.3 is 0 Å². The largest absolute Gasteiger partial charge is 0.490 e. The minimum Gasteiger partial charge on any atom is -0.490 e. The molecule has 3 rings (SSSR count). The highest BCUT2D eigenvalue weighted by Crippen LogP contribution is 2.21. The van der Waals surface area contributed by atoms with Crippen LogP contribution in [0.3, 0.4) is 0 Å². The van der Waals surface area contributed by atoms with Crippen molar-refractivity contribution in [2.75, 3.05) is 38.5 Å². The number of carbonyl (C=O) groups excluding carboxylic acids is 1. The Morgan fingerprint density at radius 2 is 1.66 bits per heavy atom. The Bertz CT molecular complexity index is 1060. The number of sulfonamides is 1. The first kappa shape index (κ1) is 24.1. The SMILES string of the molecule is CC(C)Oc1ccccc1C(=O)NC(=S)Nc1ccc(S(=O)(=O)N2CCN(C)CC2)cc1. The van der Waals surface area contributed by atoms with E-state index in [1.807, 2.05) is 20.9 Å². The number of nitrogens with zero attached hydrogens (tertiary/aromatic N) is 2. The van der Waals surface area contributed by atoms with Crippen molar-refractivity contribution >= 4 is 38.9 Å². The lowest BCUT2D eigenvalue weighted by Gasteiger charge is -2.31. The van der Waals surface area contributed by atoms with Gasteiger partial charge in [-0.2, -0.15) is 4.31 Å². The first-order chi connectivity index (χ1) is 15.2. The third kappa shape index (κ3) is 6.04. The predicted octanol–water partition coefficient (Wildman–Crippen LogP) is 2.54. The zero-order valence-corrected chi connectivity index (χ0v) is 20.0. The zero-order valence-electron chi connectivity index (χ0n) is 18.4. The van der Waals surface area contributed by atoms with Gasteiger partial charge < -0.3 is 15.0 Å². The molecule has 2 N–H and O–H groups in total. The van der Waals surface area contributed by atoms with Crippen molar-refractivity contribution in [3.8, 4) is 5.75 Å². The molecule has 0 unspecified atom stereocenters. The number of thiocarbonyl (C=S) groups is 1. The second-order valence-electron chi connectivity index (χ2n) is 7.80. The van der Waals surface area contributed by atoms with Crippen LogP contribution in [-0.2, 0) is 10.0 Å². The third-order valence-electron chi connectivity index (χ3n) is 4.93. The topological polar surface area (TPSA) is 91.0 Å². The van der Waals surface area contributed by atoms with Crippen LogP contribution in [-0.4, -0.2) is 68.0 Å². The molecule has 0 bridgehead atoms. The number of nitrogens with one attached hydrogen (secondary N) is 2. The standard InChI is InChI=1S/C22H28N4O4S2/c1-16(2)30-20-7-5-4-6-19(20)21(27)24-22(31)23-17-8-10-18(11-9-17)32(28,29)26-14-12-25(3)13-15-26/h4-11,16H,12-15H2,1-3H3,(H2,23,24,27,31). The Morgan fingerprint density at radius 3 is 2.28 bits per heavy atom. The first-order valence-electron chi connectivity index (χ1n) is 10.3. The molecule has 1 aliphatic heterocycles. The van der Waals surface area contributed by atoms with Crippen molar-refractivity contribution in [1.82, 2.24) is 14.5 Å². The Labute approximate surface area is 194 Å². The highest BCUT2D eigenvalue weighted by atomic mass is 32.2. The van der Waals surface area contributed by atoms with Gasteiger partial charge in [0, 0.05) is 31.9 Å². The number of piperazine rings is 1. The average Bonchev–Trinajstić information content (AvgIpc) is 2.74. The van der Waals surface area contributed by atoms with Gasteiger partial charge in [-0.15, -0.1) is 0 Å². The molecule has 1 aliphatic rings. The van der Waals surface area contributed by atoms with E-state index in [4.69, 9.17) is 17.0 Å². The maximum absolute atomic E-state index is 12.8. The molecule has 1 heterocycles. The molecular weight excluding hydrogens is 448 g/mol. The van der Waals surface area contributed by atoms with Crippen LogP contribution >= 0.6 is 12.2 Å². The molecule has 0 radical (unpaired) electrons. The molecular formula is C22H28N4O4S2. The monoisotopic (exact) mass is 476 g/mol. The summed E-state index contributed by atoms with van der Waals surface area (Å²) in [7, 11) is -1.56. The number of hydrogen-bond acceptors (Lipinski definition) is 6. The van der Waals surface area contributed by atoms with Gasteiger partial charge in [-0.1, -0.05) is 12.1 Å². The molecule has 0 aromatic heterocycles. The molecule has 0 saturated carbocycles. The van der Waals surface area contributed by atoms with E-state index in [1.165, 1.54) is 16.4 Å². The quantitative estimate of drug-likeness (QED) is 0.619. The van der Waals surface area contributed by atoms with Crippen LogP contribution in [0.1, 0.15) is 24.2 Å². The molecule has 2 aromatic carbocycles. The van der Waals surface area contributed by atoms with Gasteiger partial charge in [0.15, 0.2) is 5.11 Å².